The summed E-state index contributed by atoms with van der Waals surface area (Å²) in [7, 11) is 1.68. The summed E-state index contributed by atoms with van der Waals surface area (Å²) in [5, 5.41) is 0. The van der Waals surface area contributed by atoms with Crippen LogP contribution in [0.5, 0.6) is 11.5 Å². The lowest BCUT2D eigenvalue weighted by Gasteiger charge is -2.30. The van der Waals surface area contributed by atoms with E-state index in [4.69, 9.17) is 15.2 Å². The lowest BCUT2D eigenvalue weighted by atomic mass is 10.1. The summed E-state index contributed by atoms with van der Waals surface area (Å²) in [6.07, 6.45) is 2.15. The Morgan fingerprint density at radius 1 is 1.08 bits per heavy atom. The van der Waals surface area contributed by atoms with Gasteiger partial charge in [0.2, 0.25) is 0 Å². The normalized spacial score (nSPS) is 16.1. The molecule has 2 aromatic rings. The molecular weight excluding hydrogens is 300 g/mol. The van der Waals surface area contributed by atoms with Gasteiger partial charge in [-0.3, -0.25) is 4.90 Å². The first-order valence-corrected chi connectivity index (χ1v) is 8.56. The number of piperidine rings is 1. The molecule has 24 heavy (non-hydrogen) atoms. The minimum atomic E-state index is 0.362. The molecule has 0 atom stereocenters. The molecule has 0 bridgehead atoms. The number of hydrogen-bond acceptors (Lipinski definition) is 4. The van der Waals surface area contributed by atoms with Gasteiger partial charge in [-0.1, -0.05) is 30.3 Å². The Bertz CT molecular complexity index is 652. The Hall–Kier alpha value is -2.04. The molecule has 0 amide bonds. The Morgan fingerprint density at radius 3 is 2.67 bits per heavy atom. The third-order valence-electron chi connectivity index (χ3n) is 4.53. The van der Waals surface area contributed by atoms with Gasteiger partial charge in [0.15, 0.2) is 0 Å². The molecule has 4 nitrogen and oxygen atoms in total. The second-order valence-corrected chi connectivity index (χ2v) is 6.36. The van der Waals surface area contributed by atoms with Crippen LogP contribution in [0.3, 0.4) is 0 Å². The molecule has 0 saturated carbocycles. The maximum atomic E-state index is 6.08. The highest BCUT2D eigenvalue weighted by Gasteiger charge is 2.17. The highest BCUT2D eigenvalue weighted by atomic mass is 16.5. The van der Waals surface area contributed by atoms with E-state index in [1.807, 2.05) is 30.3 Å². The van der Waals surface area contributed by atoms with E-state index in [2.05, 4.69) is 23.1 Å². The summed E-state index contributed by atoms with van der Waals surface area (Å²) in [4.78, 5) is 2.46. The first-order chi connectivity index (χ1) is 11.7. The predicted octanol–water partition coefficient (Wildman–Crippen LogP) is 3.20. The van der Waals surface area contributed by atoms with Crippen LogP contribution >= 0.6 is 0 Å². The molecule has 2 N–H and O–H groups in total. The molecule has 1 heterocycles. The number of nitrogens with two attached hydrogens (primary N) is 1. The van der Waals surface area contributed by atoms with Crippen molar-refractivity contribution in [1.29, 1.82) is 0 Å². The van der Waals surface area contributed by atoms with E-state index in [0.717, 1.165) is 49.5 Å². The number of likely N-dealkylation sites (tertiary alicyclic amines) is 1. The fourth-order valence-electron chi connectivity index (χ4n) is 3.05. The van der Waals surface area contributed by atoms with Gasteiger partial charge in [0.1, 0.15) is 18.1 Å². The second-order valence-electron chi connectivity index (χ2n) is 6.36. The quantitative estimate of drug-likeness (QED) is 0.885. The molecule has 2 aromatic carbocycles. The predicted molar refractivity (Wildman–Crippen MR) is 96.3 cm³/mol. The fourth-order valence-corrected chi connectivity index (χ4v) is 3.05. The summed E-state index contributed by atoms with van der Waals surface area (Å²) in [5.74, 6) is 1.81. The molecule has 1 aliphatic heterocycles. The number of benzene rings is 2. The van der Waals surface area contributed by atoms with Crippen molar-refractivity contribution in [3.63, 3.8) is 0 Å². The number of nitrogens with zero attached hydrogens (tertiary/aromatic N) is 1. The van der Waals surface area contributed by atoms with Crippen LogP contribution in [0.4, 0.5) is 0 Å². The molecule has 1 saturated heterocycles. The van der Waals surface area contributed by atoms with Gasteiger partial charge in [-0.15, -0.1) is 0 Å². The average Bonchev–Trinajstić information content (AvgIpc) is 2.63. The summed E-state index contributed by atoms with van der Waals surface area (Å²) in [6, 6.07) is 16.6. The average molecular weight is 326 g/mol. The van der Waals surface area contributed by atoms with Gasteiger partial charge in [0, 0.05) is 18.2 Å². The van der Waals surface area contributed by atoms with Crippen LogP contribution in [0, 0.1) is 0 Å². The molecule has 0 radical (unpaired) electrons. The Balaban J connectivity index is 1.63. The van der Waals surface area contributed by atoms with Crippen molar-refractivity contribution in [2.75, 3.05) is 20.2 Å². The van der Waals surface area contributed by atoms with Crippen LogP contribution in [-0.2, 0) is 13.2 Å². The lowest BCUT2D eigenvalue weighted by Crippen LogP contribution is -2.39. The van der Waals surface area contributed by atoms with Gasteiger partial charge in [-0.2, -0.15) is 0 Å². The van der Waals surface area contributed by atoms with Crippen molar-refractivity contribution >= 4 is 0 Å². The van der Waals surface area contributed by atoms with Gasteiger partial charge in [-0.25, -0.2) is 0 Å². The zero-order valence-corrected chi connectivity index (χ0v) is 14.3. The monoisotopic (exact) mass is 326 g/mol. The summed E-state index contributed by atoms with van der Waals surface area (Å²) >= 11 is 0. The van der Waals surface area contributed by atoms with Gasteiger partial charge in [0.25, 0.3) is 0 Å². The summed E-state index contributed by atoms with van der Waals surface area (Å²) < 4.78 is 11.3. The molecule has 0 unspecified atom stereocenters. The van der Waals surface area contributed by atoms with E-state index in [1.165, 1.54) is 5.56 Å². The molecule has 1 fully saturated rings. The number of hydrogen-bond donors (Lipinski definition) is 1. The summed E-state index contributed by atoms with van der Waals surface area (Å²) in [5.41, 5.74) is 8.33. The van der Waals surface area contributed by atoms with Gasteiger partial charge < -0.3 is 15.2 Å². The highest BCUT2D eigenvalue weighted by molar-refractivity contribution is 5.34. The van der Waals surface area contributed by atoms with Gasteiger partial charge in [-0.05, 0) is 49.7 Å². The molecule has 0 aliphatic carbocycles. The summed E-state index contributed by atoms with van der Waals surface area (Å²) in [6.45, 7) is 3.58. The minimum absolute atomic E-state index is 0.362. The first kappa shape index (κ1) is 16.8. The van der Waals surface area contributed by atoms with Crippen LogP contribution in [0.15, 0.2) is 48.5 Å². The van der Waals surface area contributed by atoms with E-state index in [0.29, 0.717) is 12.6 Å². The van der Waals surface area contributed by atoms with Gasteiger partial charge >= 0.3 is 0 Å². The fraction of sp³-hybridized carbons (Fsp3) is 0.400. The topological polar surface area (TPSA) is 47.7 Å². The van der Waals surface area contributed by atoms with E-state index < -0.39 is 0 Å². The van der Waals surface area contributed by atoms with Crippen molar-refractivity contribution in [3.05, 3.63) is 59.7 Å². The molecule has 0 spiro atoms. The minimum Gasteiger partial charge on any atom is -0.497 e. The standard InChI is InChI=1S/C20H26N2O2/c1-23-19-7-4-5-16(13-19)15-24-20-8-3-2-6-17(20)14-22-11-9-18(21)10-12-22/h2-8,13,18H,9-12,14-15,21H2,1H3. The number of rotatable bonds is 6. The lowest BCUT2D eigenvalue weighted by molar-refractivity contribution is 0.201. The Kier molecular flexibility index (Phi) is 5.72. The van der Waals surface area contributed by atoms with Crippen molar-refractivity contribution < 1.29 is 9.47 Å². The molecule has 4 heteroatoms. The maximum Gasteiger partial charge on any atom is 0.124 e. The Labute approximate surface area is 144 Å². The third kappa shape index (κ3) is 4.49. The van der Waals surface area contributed by atoms with Crippen molar-refractivity contribution in [3.8, 4) is 11.5 Å². The van der Waals surface area contributed by atoms with Crippen LogP contribution in [-0.4, -0.2) is 31.1 Å². The van der Waals surface area contributed by atoms with E-state index >= 15 is 0 Å². The SMILES string of the molecule is COc1cccc(COc2ccccc2CN2CCC(N)CC2)c1. The number of methoxy groups -OCH3 is 1. The number of ether oxygens (including phenoxy) is 2. The van der Waals surface area contributed by atoms with E-state index in [-0.39, 0.29) is 0 Å². The number of para-hydroxylation sites is 1. The van der Waals surface area contributed by atoms with E-state index in [1.54, 1.807) is 7.11 Å². The van der Waals surface area contributed by atoms with E-state index in [9.17, 15) is 0 Å². The zero-order valence-electron chi connectivity index (χ0n) is 14.3. The molecular formula is C20H26N2O2. The van der Waals surface area contributed by atoms with Crippen molar-refractivity contribution in [1.82, 2.24) is 4.90 Å². The van der Waals surface area contributed by atoms with Crippen LogP contribution < -0.4 is 15.2 Å². The first-order valence-electron chi connectivity index (χ1n) is 8.56. The molecule has 128 valence electrons. The van der Waals surface area contributed by atoms with Crippen LogP contribution in [0.25, 0.3) is 0 Å². The molecule has 3 rings (SSSR count). The third-order valence-corrected chi connectivity index (χ3v) is 4.53. The smallest absolute Gasteiger partial charge is 0.124 e. The highest BCUT2D eigenvalue weighted by Crippen LogP contribution is 2.23. The molecule has 1 aliphatic rings. The van der Waals surface area contributed by atoms with Gasteiger partial charge in [0.05, 0.1) is 7.11 Å². The van der Waals surface area contributed by atoms with Crippen molar-refractivity contribution in [2.24, 2.45) is 5.73 Å². The van der Waals surface area contributed by atoms with Crippen molar-refractivity contribution in [2.45, 2.75) is 32.0 Å². The maximum absolute atomic E-state index is 6.08. The Morgan fingerprint density at radius 2 is 1.88 bits per heavy atom. The molecule has 0 aromatic heterocycles. The second kappa shape index (κ2) is 8.18. The van der Waals surface area contributed by atoms with Crippen LogP contribution in [0.1, 0.15) is 24.0 Å². The largest absolute Gasteiger partial charge is 0.497 e. The zero-order chi connectivity index (χ0) is 16.8. The van der Waals surface area contributed by atoms with Crippen LogP contribution in [0.2, 0.25) is 0 Å².